The summed E-state index contributed by atoms with van der Waals surface area (Å²) in [6.07, 6.45) is 5.84. The van der Waals surface area contributed by atoms with Crippen molar-refractivity contribution in [3.8, 4) is 0 Å². The number of aromatic nitrogens is 4. The van der Waals surface area contributed by atoms with Crippen LogP contribution < -0.4 is 15.2 Å². The number of nitrogens with zero attached hydrogens (tertiary/aromatic N) is 6. The molecular weight excluding hydrogens is 428 g/mol. The highest BCUT2D eigenvalue weighted by Gasteiger charge is 2.23. The molecule has 0 atom stereocenters. The van der Waals surface area contributed by atoms with E-state index in [0.717, 1.165) is 54.6 Å². The summed E-state index contributed by atoms with van der Waals surface area (Å²) < 4.78 is 5.52. The van der Waals surface area contributed by atoms with Crippen LogP contribution in [0, 0.1) is 0 Å². The van der Waals surface area contributed by atoms with Crippen molar-refractivity contribution >= 4 is 40.6 Å². The zero-order valence-electron chi connectivity index (χ0n) is 18.8. The van der Waals surface area contributed by atoms with Gasteiger partial charge in [0.1, 0.15) is 0 Å². The summed E-state index contributed by atoms with van der Waals surface area (Å²) in [5.41, 5.74) is 7.58. The van der Waals surface area contributed by atoms with Gasteiger partial charge in [-0.1, -0.05) is 36.4 Å². The number of morpholine rings is 1. The number of anilines is 4. The SMILES string of the molecule is C(=N\Nc1nc(N2CCOCC2)nc(N2CCCc3ccccc32)n1)/c1c[nH]c2ccccc12. The third kappa shape index (κ3) is 4.06. The standard InChI is InChI=1S/C25H26N8O/c1-4-10-22-18(6-1)7-5-11-33(22)25-29-23(28-24(30-25)32-12-14-34-15-13-32)31-27-17-19-16-26-21-9-3-2-8-20(19)21/h1-4,6,8-10,16-17,26H,5,7,11-15H2,(H,28,29,30,31)/b27-17+. The molecule has 4 heterocycles. The third-order valence-electron chi connectivity index (χ3n) is 6.25. The molecule has 0 spiro atoms. The molecule has 0 aliphatic carbocycles. The normalized spacial score (nSPS) is 16.2. The Labute approximate surface area is 197 Å². The zero-order valence-corrected chi connectivity index (χ0v) is 18.8. The summed E-state index contributed by atoms with van der Waals surface area (Å²) in [5, 5.41) is 5.56. The second-order valence-electron chi connectivity index (χ2n) is 8.40. The van der Waals surface area contributed by atoms with Gasteiger partial charge in [-0.2, -0.15) is 20.1 Å². The van der Waals surface area contributed by atoms with E-state index in [-0.39, 0.29) is 0 Å². The van der Waals surface area contributed by atoms with Gasteiger partial charge in [0.05, 0.1) is 19.4 Å². The van der Waals surface area contributed by atoms with Crippen molar-refractivity contribution in [2.24, 2.45) is 5.10 Å². The number of hydrogen-bond acceptors (Lipinski definition) is 8. The van der Waals surface area contributed by atoms with E-state index in [2.05, 4.69) is 60.6 Å². The molecule has 0 saturated carbocycles. The van der Waals surface area contributed by atoms with Gasteiger partial charge in [-0.25, -0.2) is 5.43 Å². The first-order valence-electron chi connectivity index (χ1n) is 11.6. The number of fused-ring (bicyclic) bond motifs is 2. The molecule has 2 N–H and O–H groups in total. The number of benzene rings is 2. The van der Waals surface area contributed by atoms with Crippen LogP contribution in [0.25, 0.3) is 10.9 Å². The van der Waals surface area contributed by atoms with Crippen LogP contribution in [0.5, 0.6) is 0 Å². The second-order valence-corrected chi connectivity index (χ2v) is 8.40. The van der Waals surface area contributed by atoms with E-state index in [4.69, 9.17) is 14.7 Å². The molecule has 1 saturated heterocycles. The number of nitrogens with one attached hydrogen (secondary N) is 2. The molecule has 0 radical (unpaired) electrons. The minimum Gasteiger partial charge on any atom is -0.378 e. The maximum Gasteiger partial charge on any atom is 0.250 e. The summed E-state index contributed by atoms with van der Waals surface area (Å²) in [7, 11) is 0. The van der Waals surface area contributed by atoms with Crippen molar-refractivity contribution in [1.29, 1.82) is 0 Å². The summed E-state index contributed by atoms with van der Waals surface area (Å²) in [5.74, 6) is 1.69. The predicted molar refractivity (Wildman–Crippen MR) is 134 cm³/mol. The lowest BCUT2D eigenvalue weighted by Crippen LogP contribution is -2.38. The van der Waals surface area contributed by atoms with Crippen LogP contribution in [-0.2, 0) is 11.2 Å². The minimum atomic E-state index is 0.422. The topological polar surface area (TPSA) is 94.6 Å². The number of hydrazone groups is 1. The molecule has 0 bridgehead atoms. The van der Waals surface area contributed by atoms with Gasteiger partial charge in [-0.15, -0.1) is 0 Å². The van der Waals surface area contributed by atoms with Crippen molar-refractivity contribution in [1.82, 2.24) is 19.9 Å². The molecule has 2 aromatic heterocycles. The molecule has 1 fully saturated rings. The van der Waals surface area contributed by atoms with Gasteiger partial charge < -0.3 is 19.5 Å². The van der Waals surface area contributed by atoms with Crippen LogP contribution in [0.2, 0.25) is 0 Å². The van der Waals surface area contributed by atoms with Gasteiger partial charge in [0.25, 0.3) is 0 Å². The molecule has 2 aliphatic heterocycles. The van der Waals surface area contributed by atoms with Gasteiger partial charge in [0, 0.05) is 48.0 Å². The van der Waals surface area contributed by atoms with E-state index >= 15 is 0 Å². The van der Waals surface area contributed by atoms with Crippen molar-refractivity contribution in [2.45, 2.75) is 12.8 Å². The lowest BCUT2D eigenvalue weighted by atomic mass is 10.0. The molecular formula is C25H26N8O. The van der Waals surface area contributed by atoms with E-state index in [1.807, 2.05) is 24.4 Å². The Bertz CT molecular complexity index is 1330. The number of aromatic amines is 1. The first-order chi connectivity index (χ1) is 16.8. The van der Waals surface area contributed by atoms with Crippen LogP contribution in [0.15, 0.2) is 59.8 Å². The van der Waals surface area contributed by atoms with Gasteiger partial charge in [0.2, 0.25) is 17.8 Å². The Hall–Kier alpha value is -3.98. The van der Waals surface area contributed by atoms with Gasteiger partial charge in [0.15, 0.2) is 0 Å². The average molecular weight is 455 g/mol. The van der Waals surface area contributed by atoms with Crippen LogP contribution in [0.4, 0.5) is 23.5 Å². The third-order valence-corrected chi connectivity index (χ3v) is 6.25. The largest absolute Gasteiger partial charge is 0.378 e. The number of para-hydroxylation sites is 2. The van der Waals surface area contributed by atoms with E-state index in [1.165, 1.54) is 5.56 Å². The molecule has 34 heavy (non-hydrogen) atoms. The van der Waals surface area contributed by atoms with E-state index in [0.29, 0.717) is 31.1 Å². The summed E-state index contributed by atoms with van der Waals surface area (Å²) >= 11 is 0. The fraction of sp³-hybridized carbons (Fsp3) is 0.280. The maximum absolute atomic E-state index is 5.52. The van der Waals surface area contributed by atoms with Crippen LogP contribution >= 0.6 is 0 Å². The quantitative estimate of drug-likeness (QED) is 0.351. The first kappa shape index (κ1) is 20.6. The maximum atomic E-state index is 5.52. The summed E-state index contributed by atoms with van der Waals surface area (Å²) in [4.78, 5) is 21.9. The number of H-pyrrole nitrogens is 1. The van der Waals surface area contributed by atoms with Crippen LogP contribution in [-0.4, -0.2) is 59.0 Å². The molecule has 0 amide bonds. The highest BCUT2D eigenvalue weighted by molar-refractivity contribution is 5.99. The molecule has 6 rings (SSSR count). The fourth-order valence-corrected chi connectivity index (χ4v) is 4.53. The average Bonchev–Trinajstić information content (AvgIpc) is 3.32. The second kappa shape index (κ2) is 9.11. The Balaban J connectivity index is 1.33. The predicted octanol–water partition coefficient (Wildman–Crippen LogP) is 3.72. The Morgan fingerprint density at radius 3 is 2.71 bits per heavy atom. The van der Waals surface area contributed by atoms with E-state index in [1.54, 1.807) is 6.21 Å². The summed E-state index contributed by atoms with van der Waals surface area (Å²) in [6.45, 7) is 3.68. The molecule has 9 nitrogen and oxygen atoms in total. The Morgan fingerprint density at radius 2 is 1.76 bits per heavy atom. The number of hydrogen-bond donors (Lipinski definition) is 2. The van der Waals surface area contributed by atoms with Gasteiger partial charge >= 0.3 is 0 Å². The Kier molecular flexibility index (Phi) is 5.52. The lowest BCUT2D eigenvalue weighted by molar-refractivity contribution is 0.122. The number of rotatable bonds is 5. The fourth-order valence-electron chi connectivity index (χ4n) is 4.53. The van der Waals surface area contributed by atoms with Crippen LogP contribution in [0.1, 0.15) is 17.5 Å². The van der Waals surface area contributed by atoms with E-state index in [9.17, 15) is 0 Å². The highest BCUT2D eigenvalue weighted by Crippen LogP contribution is 2.32. The highest BCUT2D eigenvalue weighted by atomic mass is 16.5. The number of ether oxygens (including phenoxy) is 1. The first-order valence-corrected chi connectivity index (χ1v) is 11.6. The molecule has 4 aromatic rings. The number of aryl methyl sites for hydroxylation is 1. The molecule has 172 valence electrons. The molecule has 9 heteroatoms. The minimum absolute atomic E-state index is 0.422. The van der Waals surface area contributed by atoms with Crippen molar-refractivity contribution in [2.75, 3.05) is 48.1 Å². The lowest BCUT2D eigenvalue weighted by Gasteiger charge is -2.31. The van der Waals surface area contributed by atoms with Crippen molar-refractivity contribution in [3.63, 3.8) is 0 Å². The van der Waals surface area contributed by atoms with Crippen molar-refractivity contribution < 1.29 is 4.74 Å². The van der Waals surface area contributed by atoms with Crippen molar-refractivity contribution in [3.05, 3.63) is 65.9 Å². The zero-order chi connectivity index (χ0) is 22.7. The van der Waals surface area contributed by atoms with Gasteiger partial charge in [-0.05, 0) is 30.5 Å². The monoisotopic (exact) mass is 454 g/mol. The molecule has 2 aliphatic rings. The van der Waals surface area contributed by atoms with E-state index < -0.39 is 0 Å². The smallest absolute Gasteiger partial charge is 0.250 e. The molecule has 2 aromatic carbocycles. The Morgan fingerprint density at radius 1 is 0.941 bits per heavy atom. The van der Waals surface area contributed by atoms with Crippen LogP contribution in [0.3, 0.4) is 0 Å². The molecule has 0 unspecified atom stereocenters. The van der Waals surface area contributed by atoms with Gasteiger partial charge in [-0.3, -0.25) is 0 Å². The summed E-state index contributed by atoms with van der Waals surface area (Å²) in [6, 6.07) is 16.6.